The van der Waals surface area contributed by atoms with Gasteiger partial charge in [0.2, 0.25) is 0 Å². The third-order valence-corrected chi connectivity index (χ3v) is 2.85. The van der Waals surface area contributed by atoms with Crippen molar-refractivity contribution in [3.63, 3.8) is 0 Å². The number of nitrogens with one attached hydrogen (secondary N) is 1. The zero-order valence-corrected chi connectivity index (χ0v) is 11.4. The Balaban J connectivity index is 2.35. The van der Waals surface area contributed by atoms with Crippen LogP contribution in [-0.2, 0) is 9.68 Å². The van der Waals surface area contributed by atoms with Gasteiger partial charge in [0.25, 0.3) is 5.91 Å². The molecule has 1 amide bonds. The summed E-state index contributed by atoms with van der Waals surface area (Å²) in [6.07, 6.45) is 1.98. The van der Waals surface area contributed by atoms with Crippen LogP contribution in [-0.4, -0.2) is 34.8 Å². The smallest absolute Gasteiger partial charge is 0.342 e. The third kappa shape index (κ3) is 5.62. The van der Waals surface area contributed by atoms with Gasteiger partial charge in [-0.1, -0.05) is 18.6 Å². The Morgan fingerprint density at radius 2 is 1.71 bits per heavy atom. The average molecular weight is 295 g/mol. The fraction of sp³-hybridized carbons (Fsp3) is 0.357. The fourth-order valence-electron chi connectivity index (χ4n) is 1.78. The molecule has 0 spiro atoms. The van der Waals surface area contributed by atoms with Crippen LogP contribution >= 0.6 is 0 Å². The molecule has 0 saturated carbocycles. The normalized spacial score (nSPS) is 9.95. The third-order valence-electron chi connectivity index (χ3n) is 2.85. The quantitative estimate of drug-likeness (QED) is 0.382. The highest BCUT2D eigenvalue weighted by Gasteiger charge is 2.14. The summed E-state index contributed by atoms with van der Waals surface area (Å²) in [7, 11) is 0. The average Bonchev–Trinajstić information content (AvgIpc) is 2.50. The van der Waals surface area contributed by atoms with Crippen LogP contribution in [0.1, 0.15) is 46.4 Å². The molecule has 21 heavy (non-hydrogen) atoms. The van der Waals surface area contributed by atoms with E-state index in [-0.39, 0.29) is 17.5 Å². The molecule has 0 saturated heterocycles. The van der Waals surface area contributed by atoms with Gasteiger partial charge in [0.15, 0.2) is 0 Å². The lowest BCUT2D eigenvalue weighted by Gasteiger charge is -2.07. The van der Waals surface area contributed by atoms with Gasteiger partial charge in [0, 0.05) is 13.0 Å². The Bertz CT molecular complexity index is 514. The summed E-state index contributed by atoms with van der Waals surface area (Å²) in [6.45, 7) is 0.376. The number of carbonyl (C=O) groups excluding carboxylic acids is 2. The molecule has 0 radical (unpaired) electrons. The van der Waals surface area contributed by atoms with Gasteiger partial charge in [0.05, 0.1) is 11.1 Å². The molecule has 0 aliphatic heterocycles. The molecule has 1 aromatic carbocycles. The summed E-state index contributed by atoms with van der Waals surface area (Å²) < 4.78 is 0. The van der Waals surface area contributed by atoms with Crippen molar-refractivity contribution in [2.24, 2.45) is 0 Å². The van der Waals surface area contributed by atoms with Gasteiger partial charge >= 0.3 is 11.9 Å². The van der Waals surface area contributed by atoms with Crippen LogP contribution in [0.2, 0.25) is 0 Å². The van der Waals surface area contributed by atoms with E-state index in [0.717, 1.165) is 0 Å². The molecule has 114 valence electrons. The minimum absolute atomic E-state index is 0.0410. The Labute approximate surface area is 121 Å². The Morgan fingerprint density at radius 3 is 2.33 bits per heavy atom. The first kappa shape index (κ1) is 16.6. The summed E-state index contributed by atoms with van der Waals surface area (Å²) in [6, 6.07) is 5.98. The topological polar surface area (TPSA) is 113 Å². The van der Waals surface area contributed by atoms with Crippen LogP contribution in [0.25, 0.3) is 0 Å². The van der Waals surface area contributed by atoms with Crippen molar-refractivity contribution < 1.29 is 29.6 Å². The van der Waals surface area contributed by atoms with Crippen LogP contribution in [0.3, 0.4) is 0 Å². The zero-order chi connectivity index (χ0) is 15.7. The molecule has 7 nitrogen and oxygen atoms in total. The fourth-order valence-corrected chi connectivity index (χ4v) is 1.78. The van der Waals surface area contributed by atoms with Crippen LogP contribution in [0.15, 0.2) is 24.3 Å². The molecule has 3 N–H and O–H groups in total. The minimum Gasteiger partial charge on any atom is -0.478 e. The molecule has 0 heterocycles. The van der Waals surface area contributed by atoms with Gasteiger partial charge < -0.3 is 15.3 Å². The summed E-state index contributed by atoms with van der Waals surface area (Å²) in [5.74, 6) is -2.28. The second-order valence-electron chi connectivity index (χ2n) is 4.38. The predicted octanol–water partition coefficient (Wildman–Crippen LogP) is 1.69. The van der Waals surface area contributed by atoms with Gasteiger partial charge in [-0.25, -0.2) is 9.59 Å². The van der Waals surface area contributed by atoms with E-state index in [1.54, 1.807) is 12.1 Å². The molecule has 0 unspecified atom stereocenters. The summed E-state index contributed by atoms with van der Waals surface area (Å²) in [4.78, 5) is 37.0. The lowest BCUT2D eigenvalue weighted by Crippen LogP contribution is -2.26. The number of amides is 1. The van der Waals surface area contributed by atoms with Crippen molar-refractivity contribution in [2.75, 3.05) is 6.54 Å². The van der Waals surface area contributed by atoms with Gasteiger partial charge in [-0.15, -0.1) is 0 Å². The van der Waals surface area contributed by atoms with Crippen molar-refractivity contribution in [2.45, 2.75) is 25.7 Å². The number of unbranched alkanes of at least 4 members (excludes halogenated alkanes) is 2. The first-order valence-electron chi connectivity index (χ1n) is 6.51. The highest BCUT2D eigenvalue weighted by atomic mass is 17.1. The van der Waals surface area contributed by atoms with Gasteiger partial charge in [-0.3, -0.25) is 4.79 Å². The Morgan fingerprint density at radius 1 is 1.05 bits per heavy atom. The molecule has 1 aromatic rings. The molecular formula is C14H17NO6. The van der Waals surface area contributed by atoms with Crippen LogP contribution in [0.5, 0.6) is 0 Å². The van der Waals surface area contributed by atoms with E-state index in [9.17, 15) is 14.4 Å². The number of carboxylic acid groups (broad SMARTS) is 1. The van der Waals surface area contributed by atoms with E-state index in [1.165, 1.54) is 12.1 Å². The number of hydrogen-bond acceptors (Lipinski definition) is 5. The number of hydrogen-bond donors (Lipinski definition) is 3. The molecule has 1 rings (SSSR count). The monoisotopic (exact) mass is 295 g/mol. The standard InChI is InChI=1S/C14H17NO6/c16-12(21-20)8-2-1-5-9-15-13(17)10-6-3-4-7-11(10)14(18)19/h3-4,6-7,20H,1-2,5,8-9H2,(H,15,17)(H,18,19). The molecule has 0 aromatic heterocycles. The number of carbonyl (C=O) groups is 3. The first-order valence-corrected chi connectivity index (χ1v) is 6.51. The lowest BCUT2D eigenvalue weighted by atomic mass is 10.1. The maximum Gasteiger partial charge on any atom is 0.342 e. The Hall–Kier alpha value is -2.41. The van der Waals surface area contributed by atoms with E-state index in [4.69, 9.17) is 10.4 Å². The van der Waals surface area contributed by atoms with E-state index in [2.05, 4.69) is 10.2 Å². The number of aromatic carboxylic acids is 1. The molecule has 0 bridgehead atoms. The number of rotatable bonds is 8. The van der Waals surface area contributed by atoms with E-state index in [1.807, 2.05) is 0 Å². The molecule has 7 heteroatoms. The summed E-state index contributed by atoms with van der Waals surface area (Å²) in [5.41, 5.74) is 0.0783. The predicted molar refractivity (Wildman–Crippen MR) is 72.9 cm³/mol. The van der Waals surface area contributed by atoms with Crippen molar-refractivity contribution in [1.82, 2.24) is 5.32 Å². The highest BCUT2D eigenvalue weighted by molar-refractivity contribution is 6.04. The SMILES string of the molecule is O=C(CCCCCNC(=O)c1ccccc1C(=O)O)OO. The van der Waals surface area contributed by atoms with Crippen LogP contribution in [0, 0.1) is 0 Å². The van der Waals surface area contributed by atoms with Crippen LogP contribution in [0.4, 0.5) is 0 Å². The van der Waals surface area contributed by atoms with Gasteiger partial charge in [0.1, 0.15) is 0 Å². The second kappa shape index (κ2) is 8.70. The van der Waals surface area contributed by atoms with E-state index < -0.39 is 17.8 Å². The summed E-state index contributed by atoms with van der Waals surface area (Å²) >= 11 is 0. The van der Waals surface area contributed by atoms with Gasteiger partial charge in [-0.2, -0.15) is 5.26 Å². The zero-order valence-electron chi connectivity index (χ0n) is 11.4. The highest BCUT2D eigenvalue weighted by Crippen LogP contribution is 2.08. The van der Waals surface area contributed by atoms with Crippen molar-refractivity contribution in [3.8, 4) is 0 Å². The first-order chi connectivity index (χ1) is 10.1. The lowest BCUT2D eigenvalue weighted by molar-refractivity contribution is -0.234. The maximum atomic E-state index is 11.9. The maximum absolute atomic E-state index is 11.9. The van der Waals surface area contributed by atoms with Gasteiger partial charge in [-0.05, 0) is 25.0 Å². The largest absolute Gasteiger partial charge is 0.478 e. The van der Waals surface area contributed by atoms with Crippen molar-refractivity contribution in [1.29, 1.82) is 0 Å². The summed E-state index contributed by atoms with van der Waals surface area (Å²) in [5, 5.41) is 19.7. The molecule has 0 aliphatic carbocycles. The van der Waals surface area contributed by atoms with Crippen LogP contribution < -0.4 is 5.32 Å². The molecule has 0 fully saturated rings. The van der Waals surface area contributed by atoms with Crippen molar-refractivity contribution in [3.05, 3.63) is 35.4 Å². The van der Waals surface area contributed by atoms with Crippen molar-refractivity contribution >= 4 is 17.8 Å². The van der Waals surface area contributed by atoms with E-state index >= 15 is 0 Å². The number of carboxylic acids is 1. The van der Waals surface area contributed by atoms with E-state index in [0.29, 0.717) is 25.8 Å². The molecular weight excluding hydrogens is 278 g/mol. The Kier molecular flexibility index (Phi) is 6.90. The minimum atomic E-state index is -1.15. The number of benzene rings is 1. The second-order valence-corrected chi connectivity index (χ2v) is 4.38. The molecule has 0 aliphatic rings. The molecule has 0 atom stereocenters.